The third kappa shape index (κ3) is 3.32. The number of aromatic nitrogens is 2. The molecule has 1 atom stereocenters. The molecule has 1 saturated heterocycles. The van der Waals surface area contributed by atoms with Crippen LogP contribution in [0.15, 0.2) is 36.7 Å². The topological polar surface area (TPSA) is 76.3 Å². The highest BCUT2D eigenvalue weighted by molar-refractivity contribution is 5.94. The van der Waals surface area contributed by atoms with Gasteiger partial charge in [0.15, 0.2) is 0 Å². The molecule has 27 heavy (non-hydrogen) atoms. The Balaban J connectivity index is 1.57. The van der Waals surface area contributed by atoms with Crippen LogP contribution in [0.3, 0.4) is 0 Å². The van der Waals surface area contributed by atoms with Gasteiger partial charge in [0.25, 0.3) is 5.91 Å². The molecule has 6 heteroatoms. The molecule has 6 nitrogen and oxygen atoms in total. The quantitative estimate of drug-likeness (QED) is 0.729. The molecular formula is C21H26N4O2. The molecule has 2 aromatic heterocycles. The molecule has 3 N–H and O–H groups in total. The number of nitrogens with two attached hydrogens (primary N) is 1. The molecule has 0 bridgehead atoms. The highest BCUT2D eigenvalue weighted by Crippen LogP contribution is 2.31. The third-order valence-electron chi connectivity index (χ3n) is 5.63. The number of carbonyl (C=O) groups is 1. The lowest BCUT2D eigenvalue weighted by Gasteiger charge is -2.32. The zero-order chi connectivity index (χ0) is 19.0. The van der Waals surface area contributed by atoms with Gasteiger partial charge in [0.2, 0.25) is 0 Å². The molecule has 3 aromatic rings. The average molecular weight is 366 g/mol. The standard InChI is InChI=1S/C21H26N4O2/c1-24-11-15(18-10-16(27-2)5-6-19(18)24)13-25-9-3-4-14(12-25)20-17(21(22)26)7-8-23-20/h5-8,10-11,14,23H,3-4,9,12-13H2,1-2H3,(H2,22,26). The molecule has 1 aliphatic heterocycles. The number of nitrogens with zero attached hydrogens (tertiary/aromatic N) is 2. The zero-order valence-electron chi connectivity index (χ0n) is 15.9. The van der Waals surface area contributed by atoms with E-state index in [1.807, 2.05) is 12.3 Å². The molecule has 0 spiro atoms. The van der Waals surface area contributed by atoms with Gasteiger partial charge in [-0.3, -0.25) is 9.69 Å². The van der Waals surface area contributed by atoms with Crippen molar-refractivity contribution in [3.63, 3.8) is 0 Å². The van der Waals surface area contributed by atoms with Gasteiger partial charge in [0, 0.05) is 55.0 Å². The lowest BCUT2D eigenvalue weighted by atomic mass is 9.92. The largest absolute Gasteiger partial charge is 0.497 e. The number of primary amides is 1. The van der Waals surface area contributed by atoms with Crippen molar-refractivity contribution in [1.82, 2.24) is 14.5 Å². The Bertz CT molecular complexity index is 972. The maximum absolute atomic E-state index is 11.7. The number of benzene rings is 1. The first-order valence-corrected chi connectivity index (χ1v) is 9.38. The first kappa shape index (κ1) is 17.7. The van der Waals surface area contributed by atoms with E-state index in [4.69, 9.17) is 10.5 Å². The average Bonchev–Trinajstić information content (AvgIpc) is 3.27. The molecule has 0 saturated carbocycles. The summed E-state index contributed by atoms with van der Waals surface area (Å²) in [4.78, 5) is 17.4. The zero-order valence-corrected chi connectivity index (χ0v) is 15.9. The number of carbonyl (C=O) groups excluding carboxylic acids is 1. The molecule has 1 fully saturated rings. The van der Waals surface area contributed by atoms with Gasteiger partial charge >= 0.3 is 0 Å². The van der Waals surface area contributed by atoms with Crippen molar-refractivity contribution in [2.45, 2.75) is 25.3 Å². The number of aromatic amines is 1. The van der Waals surface area contributed by atoms with Crippen molar-refractivity contribution in [2.75, 3.05) is 20.2 Å². The minimum absolute atomic E-state index is 0.306. The van der Waals surface area contributed by atoms with Crippen molar-refractivity contribution >= 4 is 16.8 Å². The van der Waals surface area contributed by atoms with Gasteiger partial charge in [-0.15, -0.1) is 0 Å². The van der Waals surface area contributed by atoms with Crippen LogP contribution in [0.5, 0.6) is 5.75 Å². The van der Waals surface area contributed by atoms with Gasteiger partial charge in [-0.1, -0.05) is 0 Å². The lowest BCUT2D eigenvalue weighted by molar-refractivity contribution is 0.0997. The van der Waals surface area contributed by atoms with Gasteiger partial charge in [0.1, 0.15) is 5.75 Å². The van der Waals surface area contributed by atoms with E-state index in [9.17, 15) is 4.79 Å². The molecule has 1 amide bonds. The molecule has 1 unspecified atom stereocenters. The molecule has 1 aromatic carbocycles. The van der Waals surface area contributed by atoms with Gasteiger partial charge in [-0.25, -0.2) is 0 Å². The summed E-state index contributed by atoms with van der Waals surface area (Å²) in [6.45, 7) is 2.86. The first-order chi connectivity index (χ1) is 13.1. The number of fused-ring (bicyclic) bond motifs is 1. The van der Waals surface area contributed by atoms with Crippen LogP contribution in [-0.2, 0) is 13.6 Å². The van der Waals surface area contributed by atoms with Crippen LogP contribution in [0.4, 0.5) is 0 Å². The van der Waals surface area contributed by atoms with Gasteiger partial charge in [-0.2, -0.15) is 0 Å². The number of likely N-dealkylation sites (tertiary alicyclic amines) is 1. The monoisotopic (exact) mass is 366 g/mol. The highest BCUT2D eigenvalue weighted by atomic mass is 16.5. The lowest BCUT2D eigenvalue weighted by Crippen LogP contribution is -2.34. The van der Waals surface area contributed by atoms with Crippen molar-refractivity contribution in [3.8, 4) is 5.75 Å². The van der Waals surface area contributed by atoms with E-state index < -0.39 is 0 Å². The summed E-state index contributed by atoms with van der Waals surface area (Å²) < 4.78 is 7.58. The van der Waals surface area contributed by atoms with E-state index in [-0.39, 0.29) is 5.91 Å². The summed E-state index contributed by atoms with van der Waals surface area (Å²) >= 11 is 0. The Morgan fingerprint density at radius 1 is 1.37 bits per heavy atom. The fourth-order valence-electron chi connectivity index (χ4n) is 4.32. The number of rotatable bonds is 5. The van der Waals surface area contributed by atoms with Crippen LogP contribution in [-0.4, -0.2) is 40.6 Å². The van der Waals surface area contributed by atoms with Crippen molar-refractivity contribution in [1.29, 1.82) is 0 Å². The van der Waals surface area contributed by atoms with Crippen LogP contribution < -0.4 is 10.5 Å². The second-order valence-electron chi connectivity index (χ2n) is 7.39. The predicted molar refractivity (Wildman–Crippen MR) is 106 cm³/mol. The maximum atomic E-state index is 11.7. The minimum Gasteiger partial charge on any atom is -0.497 e. The molecule has 4 rings (SSSR count). The fourth-order valence-corrected chi connectivity index (χ4v) is 4.32. The van der Waals surface area contributed by atoms with Crippen LogP contribution in [0.1, 0.15) is 40.4 Å². The fraction of sp³-hybridized carbons (Fsp3) is 0.381. The van der Waals surface area contributed by atoms with Crippen LogP contribution in [0, 0.1) is 0 Å². The molecule has 1 aliphatic rings. The second kappa shape index (κ2) is 7.12. The molecular weight excluding hydrogens is 340 g/mol. The Hall–Kier alpha value is -2.73. The smallest absolute Gasteiger partial charge is 0.250 e. The number of hydrogen-bond donors (Lipinski definition) is 2. The number of methoxy groups -OCH3 is 1. The number of ether oxygens (including phenoxy) is 1. The van der Waals surface area contributed by atoms with Gasteiger partial charge in [0.05, 0.1) is 12.7 Å². The van der Waals surface area contributed by atoms with E-state index in [2.05, 4.69) is 39.8 Å². The summed E-state index contributed by atoms with van der Waals surface area (Å²) in [5.41, 5.74) is 9.64. The third-order valence-corrected chi connectivity index (χ3v) is 5.63. The molecule has 3 heterocycles. The molecule has 0 aliphatic carbocycles. The normalized spacial score (nSPS) is 18.1. The summed E-state index contributed by atoms with van der Waals surface area (Å²) in [6, 6.07) is 8.00. The SMILES string of the molecule is COc1ccc2c(c1)c(CN1CCCC(c3[nH]ccc3C(N)=O)C1)cn2C. The van der Waals surface area contributed by atoms with E-state index in [1.54, 1.807) is 13.2 Å². The Labute approximate surface area is 158 Å². The Kier molecular flexibility index (Phi) is 4.66. The van der Waals surface area contributed by atoms with E-state index in [0.29, 0.717) is 11.5 Å². The Morgan fingerprint density at radius 3 is 3.00 bits per heavy atom. The van der Waals surface area contributed by atoms with Gasteiger partial charge in [-0.05, 0) is 49.2 Å². The minimum atomic E-state index is -0.357. The summed E-state index contributed by atoms with van der Waals surface area (Å²) in [5.74, 6) is 0.828. The highest BCUT2D eigenvalue weighted by Gasteiger charge is 2.26. The van der Waals surface area contributed by atoms with Crippen LogP contribution >= 0.6 is 0 Å². The van der Waals surface area contributed by atoms with E-state index in [1.165, 1.54) is 16.5 Å². The van der Waals surface area contributed by atoms with E-state index >= 15 is 0 Å². The molecule has 0 radical (unpaired) electrons. The van der Waals surface area contributed by atoms with E-state index in [0.717, 1.165) is 43.9 Å². The number of amides is 1. The number of aryl methyl sites for hydroxylation is 1. The molecule has 142 valence electrons. The summed E-state index contributed by atoms with van der Waals surface area (Å²) in [5, 5.41) is 1.23. The van der Waals surface area contributed by atoms with Crippen molar-refractivity contribution in [2.24, 2.45) is 12.8 Å². The predicted octanol–water partition coefficient (Wildman–Crippen LogP) is 2.99. The number of nitrogens with one attached hydrogen (secondary N) is 1. The number of piperidine rings is 1. The van der Waals surface area contributed by atoms with Crippen LogP contribution in [0.2, 0.25) is 0 Å². The Morgan fingerprint density at radius 2 is 2.22 bits per heavy atom. The second-order valence-corrected chi connectivity index (χ2v) is 7.39. The summed E-state index contributed by atoms with van der Waals surface area (Å²) in [7, 11) is 3.78. The van der Waals surface area contributed by atoms with Crippen molar-refractivity contribution < 1.29 is 9.53 Å². The van der Waals surface area contributed by atoms with Gasteiger partial charge < -0.3 is 20.0 Å². The first-order valence-electron chi connectivity index (χ1n) is 9.38. The van der Waals surface area contributed by atoms with Crippen LogP contribution in [0.25, 0.3) is 10.9 Å². The summed E-state index contributed by atoms with van der Waals surface area (Å²) in [6.07, 6.45) is 6.19. The maximum Gasteiger partial charge on any atom is 0.250 e. The number of H-pyrrole nitrogens is 1. The van der Waals surface area contributed by atoms with Crippen molar-refractivity contribution in [3.05, 3.63) is 53.5 Å². The number of hydrogen-bond acceptors (Lipinski definition) is 3.